The summed E-state index contributed by atoms with van der Waals surface area (Å²) >= 11 is 1.82. The summed E-state index contributed by atoms with van der Waals surface area (Å²) in [5, 5.41) is 2.13. The summed E-state index contributed by atoms with van der Waals surface area (Å²) in [5.74, 6) is 0.153. The zero-order chi connectivity index (χ0) is 13.2. The molecule has 0 aliphatic carbocycles. The molecule has 3 heteroatoms. The summed E-state index contributed by atoms with van der Waals surface area (Å²) in [6.07, 6.45) is 2.16. The lowest BCUT2D eigenvalue weighted by Gasteiger charge is -2.19. The number of ketones is 1. The molecule has 2 nitrogen and oxygen atoms in total. The third-order valence-corrected chi connectivity index (χ3v) is 4.62. The second-order valence-electron chi connectivity index (χ2n) is 4.97. The smallest absolute Gasteiger partial charge is 0.159 e. The summed E-state index contributed by atoms with van der Waals surface area (Å²) in [6, 6.07) is 10.4. The standard InChI is InChI=1S/C16H17NOS/c1-12(18)13-4-5-16-14(11-13)6-8-17(16)9-7-15-3-2-10-19-15/h2-5,10-11H,6-9H2,1H3. The number of carbonyl (C=O) groups excluding carboxylic acids is 1. The monoisotopic (exact) mass is 271 g/mol. The van der Waals surface area contributed by atoms with E-state index < -0.39 is 0 Å². The molecule has 0 amide bonds. The number of hydrogen-bond donors (Lipinski definition) is 0. The molecule has 0 saturated heterocycles. The zero-order valence-electron chi connectivity index (χ0n) is 11.1. The number of nitrogens with zero attached hydrogens (tertiary/aromatic N) is 1. The molecule has 2 heterocycles. The number of benzene rings is 1. The minimum atomic E-state index is 0.153. The minimum absolute atomic E-state index is 0.153. The molecular weight excluding hydrogens is 254 g/mol. The number of carbonyl (C=O) groups is 1. The lowest BCUT2D eigenvalue weighted by molar-refractivity contribution is 0.101. The Balaban J connectivity index is 1.73. The van der Waals surface area contributed by atoms with E-state index in [0.717, 1.165) is 31.5 Å². The largest absolute Gasteiger partial charge is 0.371 e. The maximum absolute atomic E-state index is 11.4. The highest BCUT2D eigenvalue weighted by atomic mass is 32.1. The van der Waals surface area contributed by atoms with Gasteiger partial charge in [0.25, 0.3) is 0 Å². The molecule has 2 aromatic rings. The maximum atomic E-state index is 11.4. The molecule has 0 atom stereocenters. The van der Waals surface area contributed by atoms with Crippen molar-refractivity contribution in [2.45, 2.75) is 19.8 Å². The predicted molar refractivity (Wildman–Crippen MR) is 80.4 cm³/mol. The lowest BCUT2D eigenvalue weighted by Crippen LogP contribution is -2.22. The van der Waals surface area contributed by atoms with Gasteiger partial charge in [0.2, 0.25) is 0 Å². The Hall–Kier alpha value is -1.61. The van der Waals surface area contributed by atoms with Crippen molar-refractivity contribution in [1.29, 1.82) is 0 Å². The molecular formula is C16H17NOS. The third kappa shape index (κ3) is 2.56. The van der Waals surface area contributed by atoms with Crippen molar-refractivity contribution in [1.82, 2.24) is 0 Å². The van der Waals surface area contributed by atoms with Gasteiger partial charge in [-0.25, -0.2) is 0 Å². The Morgan fingerprint density at radius 2 is 2.26 bits per heavy atom. The number of Topliss-reactive ketones (excluding diaryl/α,β-unsaturated/α-hetero) is 1. The molecule has 0 saturated carbocycles. The number of anilines is 1. The van der Waals surface area contributed by atoms with Gasteiger partial charge in [0.1, 0.15) is 0 Å². The molecule has 0 unspecified atom stereocenters. The predicted octanol–water partition coefficient (Wildman–Crippen LogP) is 3.56. The lowest BCUT2D eigenvalue weighted by atomic mass is 10.1. The molecule has 1 aliphatic heterocycles. The van der Waals surface area contributed by atoms with Crippen molar-refractivity contribution in [3.8, 4) is 0 Å². The second-order valence-corrected chi connectivity index (χ2v) is 6.00. The molecule has 98 valence electrons. The van der Waals surface area contributed by atoms with Gasteiger partial charge in [-0.05, 0) is 55.0 Å². The van der Waals surface area contributed by atoms with Crippen LogP contribution in [-0.2, 0) is 12.8 Å². The van der Waals surface area contributed by atoms with Crippen LogP contribution >= 0.6 is 11.3 Å². The van der Waals surface area contributed by atoms with E-state index in [1.54, 1.807) is 6.92 Å². The Bertz CT molecular complexity index is 589. The number of fused-ring (bicyclic) bond motifs is 1. The van der Waals surface area contributed by atoms with E-state index in [2.05, 4.69) is 34.5 Å². The van der Waals surface area contributed by atoms with Crippen molar-refractivity contribution in [2.75, 3.05) is 18.0 Å². The highest BCUT2D eigenvalue weighted by molar-refractivity contribution is 7.09. The van der Waals surface area contributed by atoms with Crippen molar-refractivity contribution in [3.63, 3.8) is 0 Å². The number of thiophene rings is 1. The van der Waals surface area contributed by atoms with Crippen LogP contribution in [0, 0.1) is 0 Å². The highest BCUT2D eigenvalue weighted by Crippen LogP contribution is 2.29. The van der Waals surface area contributed by atoms with Crippen LogP contribution in [0.25, 0.3) is 0 Å². The first kappa shape index (κ1) is 12.4. The van der Waals surface area contributed by atoms with E-state index in [9.17, 15) is 4.79 Å². The van der Waals surface area contributed by atoms with Gasteiger partial charge in [-0.2, -0.15) is 0 Å². The molecule has 1 aliphatic rings. The fraction of sp³-hybridized carbons (Fsp3) is 0.312. The van der Waals surface area contributed by atoms with Crippen LogP contribution < -0.4 is 4.90 Å². The maximum Gasteiger partial charge on any atom is 0.159 e. The second kappa shape index (κ2) is 5.17. The van der Waals surface area contributed by atoms with Gasteiger partial charge in [-0.3, -0.25) is 4.79 Å². The fourth-order valence-corrected chi connectivity index (χ4v) is 3.32. The Labute approximate surface area is 117 Å². The topological polar surface area (TPSA) is 20.3 Å². The first-order valence-corrected chi connectivity index (χ1v) is 7.53. The minimum Gasteiger partial charge on any atom is -0.371 e. The van der Waals surface area contributed by atoms with E-state index in [0.29, 0.717) is 0 Å². The van der Waals surface area contributed by atoms with Gasteiger partial charge < -0.3 is 4.90 Å². The van der Waals surface area contributed by atoms with Crippen molar-refractivity contribution in [2.24, 2.45) is 0 Å². The summed E-state index contributed by atoms with van der Waals surface area (Å²) < 4.78 is 0. The van der Waals surface area contributed by atoms with E-state index >= 15 is 0 Å². The van der Waals surface area contributed by atoms with Crippen LogP contribution in [0.3, 0.4) is 0 Å². The summed E-state index contributed by atoms with van der Waals surface area (Å²) in [6.45, 7) is 3.76. The number of rotatable bonds is 4. The highest BCUT2D eigenvalue weighted by Gasteiger charge is 2.19. The zero-order valence-corrected chi connectivity index (χ0v) is 11.9. The SMILES string of the molecule is CC(=O)c1ccc2c(c1)CCN2CCc1cccs1. The van der Waals surface area contributed by atoms with E-state index in [4.69, 9.17) is 0 Å². The average molecular weight is 271 g/mol. The third-order valence-electron chi connectivity index (χ3n) is 3.69. The number of hydrogen-bond acceptors (Lipinski definition) is 3. The normalized spacial score (nSPS) is 13.6. The molecule has 0 radical (unpaired) electrons. The van der Waals surface area contributed by atoms with Crippen LogP contribution in [0.15, 0.2) is 35.7 Å². The van der Waals surface area contributed by atoms with Gasteiger partial charge in [-0.1, -0.05) is 6.07 Å². The molecule has 19 heavy (non-hydrogen) atoms. The van der Waals surface area contributed by atoms with Crippen LogP contribution in [-0.4, -0.2) is 18.9 Å². The first-order valence-electron chi connectivity index (χ1n) is 6.65. The van der Waals surface area contributed by atoms with Crippen LogP contribution in [0.4, 0.5) is 5.69 Å². The quantitative estimate of drug-likeness (QED) is 0.793. The Morgan fingerprint density at radius 3 is 3.00 bits per heavy atom. The molecule has 0 spiro atoms. The fourth-order valence-electron chi connectivity index (χ4n) is 2.62. The molecule has 1 aromatic heterocycles. The average Bonchev–Trinajstić information content (AvgIpc) is 3.05. The van der Waals surface area contributed by atoms with E-state index in [-0.39, 0.29) is 5.78 Å². The molecule has 0 bridgehead atoms. The van der Waals surface area contributed by atoms with Gasteiger partial charge in [0, 0.05) is 29.2 Å². The molecule has 0 N–H and O–H groups in total. The summed E-state index contributed by atoms with van der Waals surface area (Å²) in [4.78, 5) is 15.3. The van der Waals surface area contributed by atoms with Crippen molar-refractivity contribution in [3.05, 3.63) is 51.7 Å². The van der Waals surface area contributed by atoms with Gasteiger partial charge in [0.15, 0.2) is 5.78 Å². The van der Waals surface area contributed by atoms with E-state index in [1.165, 1.54) is 16.1 Å². The summed E-state index contributed by atoms with van der Waals surface area (Å²) in [7, 11) is 0. The molecule has 3 rings (SSSR count). The Kier molecular flexibility index (Phi) is 3.38. The van der Waals surface area contributed by atoms with Gasteiger partial charge in [-0.15, -0.1) is 11.3 Å². The van der Waals surface area contributed by atoms with Gasteiger partial charge >= 0.3 is 0 Å². The first-order chi connectivity index (χ1) is 9.24. The van der Waals surface area contributed by atoms with Crippen LogP contribution in [0.2, 0.25) is 0 Å². The van der Waals surface area contributed by atoms with Gasteiger partial charge in [0.05, 0.1) is 0 Å². The van der Waals surface area contributed by atoms with Crippen LogP contribution in [0.5, 0.6) is 0 Å². The molecule has 0 fully saturated rings. The summed E-state index contributed by atoms with van der Waals surface area (Å²) in [5.41, 5.74) is 3.46. The Morgan fingerprint density at radius 1 is 1.37 bits per heavy atom. The van der Waals surface area contributed by atoms with Crippen molar-refractivity contribution >= 4 is 22.8 Å². The van der Waals surface area contributed by atoms with E-state index in [1.807, 2.05) is 17.4 Å². The molecule has 1 aromatic carbocycles. The van der Waals surface area contributed by atoms with Crippen molar-refractivity contribution < 1.29 is 4.79 Å². The van der Waals surface area contributed by atoms with Crippen LogP contribution in [0.1, 0.15) is 27.7 Å².